The molecule has 0 aliphatic carbocycles. The summed E-state index contributed by atoms with van der Waals surface area (Å²) in [5.41, 5.74) is 0. The van der Waals surface area contributed by atoms with Gasteiger partial charge in [-0.1, -0.05) is 27.7 Å². The molecule has 0 radical (unpaired) electrons. The predicted molar refractivity (Wildman–Crippen MR) is 80.0 cm³/mol. The molecular weight excluding hydrogens is 240 g/mol. The molecule has 0 saturated heterocycles. The van der Waals surface area contributed by atoms with Crippen molar-refractivity contribution in [3.05, 3.63) is 0 Å². The van der Waals surface area contributed by atoms with Crippen molar-refractivity contribution in [1.82, 2.24) is 0 Å². The van der Waals surface area contributed by atoms with Gasteiger partial charge in [0, 0.05) is 12.3 Å². The second kappa shape index (κ2) is 7.11. The second-order valence-corrected chi connectivity index (χ2v) is 11.3. The Morgan fingerprint density at radius 2 is 1.94 bits per heavy atom. The van der Waals surface area contributed by atoms with Crippen LogP contribution >= 0.6 is 0 Å². The molecule has 2 atom stereocenters. The second-order valence-electron chi connectivity index (χ2n) is 6.51. The van der Waals surface area contributed by atoms with Gasteiger partial charge in [0.1, 0.15) is 6.29 Å². The monoisotopic (exact) mass is 268 g/mol. The predicted octanol–water partition coefficient (Wildman–Crippen LogP) is 4.02. The lowest BCUT2D eigenvalue weighted by molar-refractivity contribution is -0.113. The number of hydrogen-bond acceptors (Lipinski definition) is 2. The lowest BCUT2D eigenvalue weighted by Gasteiger charge is -2.40. The Morgan fingerprint density at radius 3 is 2.33 bits per heavy atom. The van der Waals surface area contributed by atoms with E-state index in [1.807, 2.05) is 6.92 Å². The fourth-order valence-electron chi connectivity index (χ4n) is 1.48. The largest absolute Gasteiger partial charge is 0.413 e. The maximum atomic E-state index is 11.0. The summed E-state index contributed by atoms with van der Waals surface area (Å²) in [6.45, 7) is 13.0. The van der Waals surface area contributed by atoms with E-state index in [0.29, 0.717) is 0 Å². The highest BCUT2D eigenvalue weighted by molar-refractivity contribution is 6.74. The summed E-state index contributed by atoms with van der Waals surface area (Å²) in [5, 5.41) is 0.167. The molecule has 0 aromatic carbocycles. The Kier molecular flexibility index (Phi) is 6.87. The molecule has 3 heteroatoms. The molecular formula is C15H28O2Si. The summed E-state index contributed by atoms with van der Waals surface area (Å²) >= 11 is 0. The molecule has 0 bridgehead atoms. The van der Waals surface area contributed by atoms with Gasteiger partial charge in [0.05, 0.1) is 6.10 Å². The van der Waals surface area contributed by atoms with E-state index in [1.54, 1.807) is 0 Å². The number of hydrogen-bond donors (Lipinski definition) is 0. The Bertz CT molecular complexity index is 297. The van der Waals surface area contributed by atoms with Crippen LogP contribution in [0, 0.1) is 18.3 Å². The molecule has 0 unspecified atom stereocenters. The average molecular weight is 268 g/mol. The van der Waals surface area contributed by atoms with Crippen molar-refractivity contribution in [2.75, 3.05) is 0 Å². The maximum Gasteiger partial charge on any atom is 0.192 e. The van der Waals surface area contributed by atoms with E-state index in [4.69, 9.17) is 10.8 Å². The smallest absolute Gasteiger partial charge is 0.192 e. The van der Waals surface area contributed by atoms with Crippen LogP contribution in [0.25, 0.3) is 0 Å². The average Bonchev–Trinajstić information content (AvgIpc) is 2.25. The van der Waals surface area contributed by atoms with Gasteiger partial charge in [-0.25, -0.2) is 0 Å². The van der Waals surface area contributed by atoms with E-state index < -0.39 is 8.32 Å². The third kappa shape index (κ3) is 5.37. The van der Waals surface area contributed by atoms with Crippen molar-refractivity contribution in [2.24, 2.45) is 5.92 Å². The highest BCUT2D eigenvalue weighted by Gasteiger charge is 2.39. The summed E-state index contributed by atoms with van der Waals surface area (Å²) in [5.74, 6) is 2.58. The van der Waals surface area contributed by atoms with Gasteiger partial charge in [0.25, 0.3) is 0 Å². The molecule has 0 heterocycles. The first-order chi connectivity index (χ1) is 8.15. The summed E-state index contributed by atoms with van der Waals surface area (Å²) < 4.78 is 6.34. The summed E-state index contributed by atoms with van der Waals surface area (Å²) in [4.78, 5) is 11.0. The van der Waals surface area contributed by atoms with Crippen LogP contribution in [0.3, 0.4) is 0 Å². The van der Waals surface area contributed by atoms with E-state index in [-0.39, 0.29) is 17.1 Å². The van der Waals surface area contributed by atoms with Crippen LogP contribution in [0.4, 0.5) is 0 Å². The van der Waals surface area contributed by atoms with Gasteiger partial charge in [-0.15, -0.1) is 12.3 Å². The van der Waals surface area contributed by atoms with E-state index in [2.05, 4.69) is 39.8 Å². The highest BCUT2D eigenvalue weighted by atomic mass is 28.4. The molecule has 0 aromatic rings. The third-order valence-electron chi connectivity index (χ3n) is 3.86. The Labute approximate surface area is 114 Å². The quantitative estimate of drug-likeness (QED) is 0.302. The van der Waals surface area contributed by atoms with Crippen molar-refractivity contribution < 1.29 is 9.22 Å². The van der Waals surface area contributed by atoms with Crippen molar-refractivity contribution >= 4 is 14.6 Å². The molecule has 0 rings (SSSR count). The number of rotatable bonds is 7. The summed E-state index contributed by atoms with van der Waals surface area (Å²) in [6, 6.07) is 0. The normalized spacial score (nSPS) is 15.8. The van der Waals surface area contributed by atoms with Crippen LogP contribution in [0.5, 0.6) is 0 Å². The number of terminal acetylenes is 1. The molecule has 0 saturated carbocycles. The molecule has 18 heavy (non-hydrogen) atoms. The fraction of sp³-hybridized carbons (Fsp3) is 0.800. The molecule has 0 aromatic heterocycles. The van der Waals surface area contributed by atoms with Crippen molar-refractivity contribution in [1.29, 1.82) is 0 Å². The van der Waals surface area contributed by atoms with Crippen LogP contribution < -0.4 is 0 Å². The van der Waals surface area contributed by atoms with E-state index in [9.17, 15) is 4.79 Å². The SMILES string of the molecule is C#CCCC[C@@H](O[Si](C)(C)C(C)(C)C)[C@H](C)C=O. The molecule has 104 valence electrons. The van der Waals surface area contributed by atoms with E-state index in [1.165, 1.54) is 0 Å². The zero-order valence-electron chi connectivity index (χ0n) is 12.7. The molecule has 0 aliphatic heterocycles. The lowest BCUT2D eigenvalue weighted by Crippen LogP contribution is -2.45. The maximum absolute atomic E-state index is 11.0. The number of unbranched alkanes of at least 4 members (excludes halogenated alkanes) is 1. The number of carbonyl (C=O) groups is 1. The van der Waals surface area contributed by atoms with Gasteiger partial charge in [-0.3, -0.25) is 0 Å². The first kappa shape index (κ1) is 17.4. The Morgan fingerprint density at radius 1 is 1.39 bits per heavy atom. The zero-order valence-corrected chi connectivity index (χ0v) is 13.7. The minimum Gasteiger partial charge on any atom is -0.413 e. The first-order valence-electron chi connectivity index (χ1n) is 6.72. The lowest BCUT2D eigenvalue weighted by atomic mass is 10.0. The van der Waals surface area contributed by atoms with Gasteiger partial charge >= 0.3 is 0 Å². The van der Waals surface area contributed by atoms with Gasteiger partial charge in [-0.2, -0.15) is 0 Å². The minimum atomic E-state index is -1.82. The fourth-order valence-corrected chi connectivity index (χ4v) is 2.92. The van der Waals surface area contributed by atoms with Gasteiger partial charge < -0.3 is 9.22 Å². The van der Waals surface area contributed by atoms with Gasteiger partial charge in [-0.05, 0) is 31.0 Å². The topological polar surface area (TPSA) is 26.3 Å². The molecule has 2 nitrogen and oxygen atoms in total. The Balaban J connectivity index is 4.69. The molecule has 0 spiro atoms. The first-order valence-corrected chi connectivity index (χ1v) is 9.63. The highest BCUT2D eigenvalue weighted by Crippen LogP contribution is 2.38. The van der Waals surface area contributed by atoms with Gasteiger partial charge in [0.2, 0.25) is 0 Å². The third-order valence-corrected chi connectivity index (χ3v) is 8.37. The molecule has 0 aliphatic rings. The van der Waals surface area contributed by atoms with Crippen LogP contribution in [0.1, 0.15) is 47.0 Å². The van der Waals surface area contributed by atoms with Crippen LogP contribution in [0.2, 0.25) is 18.1 Å². The Hall–Kier alpha value is -0.593. The number of carbonyl (C=O) groups excluding carboxylic acids is 1. The van der Waals surface area contributed by atoms with Gasteiger partial charge in [0.15, 0.2) is 8.32 Å². The van der Waals surface area contributed by atoms with Crippen LogP contribution in [-0.2, 0) is 9.22 Å². The zero-order chi connectivity index (χ0) is 14.4. The van der Waals surface area contributed by atoms with Crippen LogP contribution in [-0.4, -0.2) is 20.7 Å². The number of aldehydes is 1. The summed E-state index contributed by atoms with van der Waals surface area (Å²) in [7, 11) is -1.82. The standard InChI is InChI=1S/C15H28O2Si/c1-8-9-10-11-14(13(2)12-16)17-18(6,7)15(3,4)5/h1,12-14H,9-11H2,2-7H3/t13-,14-/m1/s1. The van der Waals surface area contributed by atoms with Crippen molar-refractivity contribution in [3.63, 3.8) is 0 Å². The van der Waals surface area contributed by atoms with E-state index in [0.717, 1.165) is 25.5 Å². The minimum absolute atomic E-state index is 0.0109. The van der Waals surface area contributed by atoms with E-state index >= 15 is 0 Å². The summed E-state index contributed by atoms with van der Waals surface area (Å²) in [6.07, 6.45) is 8.82. The molecule has 0 fully saturated rings. The van der Waals surface area contributed by atoms with Crippen molar-refractivity contribution in [3.8, 4) is 12.3 Å². The van der Waals surface area contributed by atoms with Crippen LogP contribution in [0.15, 0.2) is 0 Å². The van der Waals surface area contributed by atoms with Crippen molar-refractivity contribution in [2.45, 2.75) is 71.2 Å². The molecule has 0 N–H and O–H groups in total. The molecule has 0 amide bonds.